The number of para-hydroxylation sites is 1. The SMILES string of the molecule is O=C([O-])CSc1nnc(-c2ccccc2)n1-c1ccccc1. The number of aromatic nitrogens is 3. The normalized spacial score (nSPS) is 10.5. The van der Waals surface area contributed by atoms with Crippen molar-refractivity contribution in [3.63, 3.8) is 0 Å². The van der Waals surface area contributed by atoms with Gasteiger partial charge in [0.1, 0.15) is 0 Å². The van der Waals surface area contributed by atoms with Gasteiger partial charge in [0.15, 0.2) is 11.0 Å². The minimum atomic E-state index is -1.13. The first kappa shape index (κ1) is 14.3. The molecule has 6 heteroatoms. The van der Waals surface area contributed by atoms with Crippen LogP contribution in [0.25, 0.3) is 17.1 Å². The molecule has 0 aliphatic rings. The average Bonchev–Trinajstić information content (AvgIpc) is 2.98. The Kier molecular flexibility index (Phi) is 4.20. The van der Waals surface area contributed by atoms with Crippen LogP contribution in [0.15, 0.2) is 65.8 Å². The fraction of sp³-hybridized carbons (Fsp3) is 0.0625. The molecule has 0 bridgehead atoms. The molecule has 0 spiro atoms. The summed E-state index contributed by atoms with van der Waals surface area (Å²) >= 11 is 1.09. The molecule has 0 aliphatic carbocycles. The zero-order valence-electron chi connectivity index (χ0n) is 11.5. The van der Waals surface area contributed by atoms with Crippen molar-refractivity contribution in [2.24, 2.45) is 0 Å². The first-order valence-corrected chi connectivity index (χ1v) is 7.63. The lowest BCUT2D eigenvalue weighted by Gasteiger charge is -2.10. The third kappa shape index (κ3) is 3.01. The topological polar surface area (TPSA) is 70.8 Å². The van der Waals surface area contributed by atoms with Crippen LogP contribution in [0.3, 0.4) is 0 Å². The number of carboxylic acid groups (broad SMARTS) is 1. The lowest BCUT2D eigenvalue weighted by atomic mass is 10.2. The largest absolute Gasteiger partial charge is 0.549 e. The molecule has 0 atom stereocenters. The summed E-state index contributed by atoms with van der Waals surface area (Å²) in [6.45, 7) is 0. The Morgan fingerprint density at radius 3 is 2.27 bits per heavy atom. The molecule has 0 fully saturated rings. The van der Waals surface area contributed by atoms with Gasteiger partial charge in [0, 0.05) is 17.0 Å². The van der Waals surface area contributed by atoms with Crippen molar-refractivity contribution in [2.45, 2.75) is 5.16 Å². The van der Waals surface area contributed by atoms with Crippen LogP contribution >= 0.6 is 11.8 Å². The van der Waals surface area contributed by atoms with Gasteiger partial charge in [-0.1, -0.05) is 60.3 Å². The molecule has 22 heavy (non-hydrogen) atoms. The quantitative estimate of drug-likeness (QED) is 0.672. The van der Waals surface area contributed by atoms with Gasteiger partial charge in [-0.05, 0) is 12.1 Å². The predicted molar refractivity (Wildman–Crippen MR) is 82.5 cm³/mol. The third-order valence-electron chi connectivity index (χ3n) is 3.00. The van der Waals surface area contributed by atoms with Crippen LogP contribution in [0, 0.1) is 0 Å². The van der Waals surface area contributed by atoms with E-state index in [1.807, 2.05) is 65.2 Å². The molecule has 0 saturated carbocycles. The molecule has 0 N–H and O–H groups in total. The lowest BCUT2D eigenvalue weighted by Crippen LogP contribution is -2.24. The highest BCUT2D eigenvalue weighted by molar-refractivity contribution is 7.99. The van der Waals surface area contributed by atoms with Crippen molar-refractivity contribution in [3.05, 3.63) is 60.7 Å². The second-order valence-corrected chi connectivity index (χ2v) is 5.45. The highest BCUT2D eigenvalue weighted by Gasteiger charge is 2.15. The van der Waals surface area contributed by atoms with Crippen LogP contribution in [0.1, 0.15) is 0 Å². The molecule has 0 saturated heterocycles. The van der Waals surface area contributed by atoms with Gasteiger partial charge in [0.2, 0.25) is 0 Å². The van der Waals surface area contributed by atoms with Gasteiger partial charge in [-0.25, -0.2) is 0 Å². The predicted octanol–water partition coefficient (Wildman–Crippen LogP) is 1.78. The number of nitrogens with zero attached hydrogens (tertiary/aromatic N) is 3. The molecule has 110 valence electrons. The molecular weight excluding hydrogens is 298 g/mol. The van der Waals surface area contributed by atoms with Gasteiger partial charge in [-0.2, -0.15) is 0 Å². The number of hydrogen-bond donors (Lipinski definition) is 0. The monoisotopic (exact) mass is 310 g/mol. The highest BCUT2D eigenvalue weighted by Crippen LogP contribution is 2.27. The summed E-state index contributed by atoms with van der Waals surface area (Å²) in [6, 6.07) is 19.3. The smallest absolute Gasteiger partial charge is 0.196 e. The maximum absolute atomic E-state index is 10.7. The molecule has 5 nitrogen and oxygen atoms in total. The summed E-state index contributed by atoms with van der Waals surface area (Å²) < 4.78 is 1.85. The average molecular weight is 310 g/mol. The molecule has 0 aliphatic heterocycles. The van der Waals surface area contributed by atoms with E-state index in [9.17, 15) is 9.90 Å². The van der Waals surface area contributed by atoms with E-state index in [-0.39, 0.29) is 5.75 Å². The van der Waals surface area contributed by atoms with E-state index in [0.29, 0.717) is 11.0 Å². The summed E-state index contributed by atoms with van der Waals surface area (Å²) in [5.74, 6) is -0.624. The van der Waals surface area contributed by atoms with Crippen molar-refractivity contribution < 1.29 is 9.90 Å². The van der Waals surface area contributed by atoms with Gasteiger partial charge in [0.05, 0.1) is 5.97 Å². The van der Waals surface area contributed by atoms with Crippen molar-refractivity contribution in [1.82, 2.24) is 14.8 Å². The molecule has 1 heterocycles. The molecule has 3 rings (SSSR count). The van der Waals surface area contributed by atoms with E-state index in [0.717, 1.165) is 23.0 Å². The summed E-state index contributed by atoms with van der Waals surface area (Å²) in [4.78, 5) is 10.7. The second kappa shape index (κ2) is 6.44. The van der Waals surface area contributed by atoms with E-state index in [4.69, 9.17) is 0 Å². The van der Waals surface area contributed by atoms with Gasteiger partial charge < -0.3 is 9.90 Å². The number of rotatable bonds is 5. The summed E-state index contributed by atoms with van der Waals surface area (Å²) in [6.07, 6.45) is 0. The number of hydrogen-bond acceptors (Lipinski definition) is 5. The molecule has 0 amide bonds. The Morgan fingerprint density at radius 2 is 1.64 bits per heavy atom. The van der Waals surface area contributed by atoms with E-state index in [1.54, 1.807) is 0 Å². The van der Waals surface area contributed by atoms with Crippen LogP contribution < -0.4 is 5.11 Å². The first-order valence-electron chi connectivity index (χ1n) is 6.64. The molecule has 3 aromatic rings. The molecule has 1 aromatic heterocycles. The summed E-state index contributed by atoms with van der Waals surface area (Å²) in [5, 5.41) is 19.6. The van der Waals surface area contributed by atoms with E-state index in [2.05, 4.69) is 10.2 Å². The number of carbonyl (C=O) groups is 1. The molecule has 2 aromatic carbocycles. The van der Waals surface area contributed by atoms with Gasteiger partial charge in [0.25, 0.3) is 0 Å². The Morgan fingerprint density at radius 1 is 1.00 bits per heavy atom. The third-order valence-corrected chi connectivity index (χ3v) is 3.90. The minimum absolute atomic E-state index is 0.167. The van der Waals surface area contributed by atoms with Crippen LogP contribution in [-0.2, 0) is 4.79 Å². The van der Waals surface area contributed by atoms with Crippen LogP contribution in [0.5, 0.6) is 0 Å². The second-order valence-electron chi connectivity index (χ2n) is 4.50. The molecular formula is C16H12N3O2S-. The lowest BCUT2D eigenvalue weighted by molar-refractivity contribution is -0.301. The Hall–Kier alpha value is -2.60. The zero-order valence-corrected chi connectivity index (χ0v) is 12.4. The fourth-order valence-electron chi connectivity index (χ4n) is 2.07. The zero-order chi connectivity index (χ0) is 15.4. The number of carboxylic acids is 1. The number of benzene rings is 2. The standard InChI is InChI=1S/C16H13N3O2S/c20-14(21)11-22-16-18-17-15(12-7-3-1-4-8-12)19(16)13-9-5-2-6-10-13/h1-10H,11H2,(H,20,21)/p-1. The van der Waals surface area contributed by atoms with E-state index >= 15 is 0 Å². The van der Waals surface area contributed by atoms with Crippen molar-refractivity contribution in [1.29, 1.82) is 0 Å². The van der Waals surface area contributed by atoms with Gasteiger partial charge >= 0.3 is 0 Å². The maximum Gasteiger partial charge on any atom is 0.196 e. The number of carbonyl (C=O) groups excluding carboxylic acids is 1. The summed E-state index contributed by atoms with van der Waals surface area (Å²) in [7, 11) is 0. The van der Waals surface area contributed by atoms with Gasteiger partial charge in [-0.15, -0.1) is 10.2 Å². The fourth-order valence-corrected chi connectivity index (χ4v) is 2.74. The Labute approximate surface area is 131 Å². The first-order chi connectivity index (χ1) is 10.8. The van der Waals surface area contributed by atoms with Crippen molar-refractivity contribution in [3.8, 4) is 17.1 Å². The Bertz CT molecular complexity index is 773. The molecule has 0 radical (unpaired) electrons. The minimum Gasteiger partial charge on any atom is -0.549 e. The van der Waals surface area contributed by atoms with Crippen LogP contribution in [0.4, 0.5) is 0 Å². The maximum atomic E-state index is 10.7. The van der Waals surface area contributed by atoms with Gasteiger partial charge in [-0.3, -0.25) is 4.57 Å². The van der Waals surface area contributed by atoms with Crippen molar-refractivity contribution in [2.75, 3.05) is 5.75 Å². The molecule has 0 unspecified atom stereocenters. The number of thioether (sulfide) groups is 1. The van der Waals surface area contributed by atoms with E-state index in [1.165, 1.54) is 0 Å². The summed E-state index contributed by atoms with van der Waals surface area (Å²) in [5.41, 5.74) is 1.80. The Balaban J connectivity index is 2.09. The van der Waals surface area contributed by atoms with E-state index < -0.39 is 5.97 Å². The highest BCUT2D eigenvalue weighted by atomic mass is 32.2. The van der Waals surface area contributed by atoms with Crippen LogP contribution in [0.2, 0.25) is 0 Å². The van der Waals surface area contributed by atoms with Crippen molar-refractivity contribution >= 4 is 17.7 Å². The van der Waals surface area contributed by atoms with Crippen LogP contribution in [-0.4, -0.2) is 26.5 Å². The number of aliphatic carboxylic acids is 1.